The van der Waals surface area contributed by atoms with Crippen LogP contribution in [0.2, 0.25) is 0 Å². The highest BCUT2D eigenvalue weighted by Gasteiger charge is 1.98. The standard InChI is InChI=1S/C13H22N4O/c1-4-17(2)9-8-15-13(14)16-11-6-5-7-12(10-11)18-3/h5-7,10H,4,8-9H2,1-3H3,(H3,14,15,16). The molecule has 0 aliphatic carbocycles. The van der Waals surface area contributed by atoms with E-state index in [4.69, 9.17) is 10.5 Å². The molecule has 0 aromatic heterocycles. The molecular formula is C13H22N4O. The molecule has 0 amide bonds. The highest BCUT2D eigenvalue weighted by Crippen LogP contribution is 2.16. The molecule has 0 spiro atoms. The normalized spacial score (nSPS) is 11.7. The van der Waals surface area contributed by atoms with E-state index in [9.17, 15) is 0 Å². The van der Waals surface area contributed by atoms with Crippen LogP contribution in [0.1, 0.15) is 6.92 Å². The molecule has 0 aliphatic heterocycles. The minimum absolute atomic E-state index is 0.424. The molecule has 1 rings (SSSR count). The number of nitrogens with one attached hydrogen (secondary N) is 1. The molecule has 0 saturated carbocycles. The van der Waals surface area contributed by atoms with Crippen LogP contribution >= 0.6 is 0 Å². The van der Waals surface area contributed by atoms with Gasteiger partial charge in [-0.1, -0.05) is 13.0 Å². The molecule has 0 heterocycles. The second-order valence-electron chi connectivity index (χ2n) is 4.02. The average Bonchev–Trinajstić information content (AvgIpc) is 2.38. The topological polar surface area (TPSA) is 62.9 Å². The number of hydrogen-bond donors (Lipinski definition) is 2. The Morgan fingerprint density at radius 1 is 1.50 bits per heavy atom. The Labute approximate surface area is 109 Å². The van der Waals surface area contributed by atoms with Crippen molar-refractivity contribution in [3.8, 4) is 5.75 Å². The van der Waals surface area contributed by atoms with Crippen molar-refractivity contribution in [1.82, 2.24) is 4.90 Å². The number of aliphatic imine (C=N–C) groups is 1. The fraction of sp³-hybridized carbons (Fsp3) is 0.462. The van der Waals surface area contributed by atoms with E-state index < -0.39 is 0 Å². The van der Waals surface area contributed by atoms with Gasteiger partial charge in [0.25, 0.3) is 0 Å². The van der Waals surface area contributed by atoms with Crippen molar-refractivity contribution in [3.63, 3.8) is 0 Å². The number of guanidine groups is 1. The van der Waals surface area contributed by atoms with E-state index in [1.54, 1.807) is 7.11 Å². The summed E-state index contributed by atoms with van der Waals surface area (Å²) in [5.74, 6) is 1.21. The summed E-state index contributed by atoms with van der Waals surface area (Å²) in [6.45, 7) is 4.71. The molecule has 0 atom stereocenters. The number of anilines is 1. The van der Waals surface area contributed by atoms with E-state index in [1.807, 2.05) is 24.3 Å². The molecule has 5 heteroatoms. The van der Waals surface area contributed by atoms with Gasteiger partial charge >= 0.3 is 0 Å². The Morgan fingerprint density at radius 2 is 2.28 bits per heavy atom. The van der Waals surface area contributed by atoms with Crippen LogP contribution in [0, 0.1) is 0 Å². The highest BCUT2D eigenvalue weighted by atomic mass is 16.5. The van der Waals surface area contributed by atoms with Gasteiger partial charge < -0.3 is 20.7 Å². The van der Waals surface area contributed by atoms with Gasteiger partial charge in [-0.15, -0.1) is 0 Å². The number of hydrogen-bond acceptors (Lipinski definition) is 3. The lowest BCUT2D eigenvalue weighted by molar-refractivity contribution is 0.363. The lowest BCUT2D eigenvalue weighted by atomic mass is 10.3. The summed E-state index contributed by atoms with van der Waals surface area (Å²) in [4.78, 5) is 6.45. The maximum absolute atomic E-state index is 5.80. The van der Waals surface area contributed by atoms with Crippen LogP contribution in [0.4, 0.5) is 5.69 Å². The first kappa shape index (κ1) is 14.3. The van der Waals surface area contributed by atoms with Crippen LogP contribution in [0.15, 0.2) is 29.3 Å². The second kappa shape index (κ2) is 7.55. The quantitative estimate of drug-likeness (QED) is 0.591. The van der Waals surface area contributed by atoms with Crippen molar-refractivity contribution in [2.24, 2.45) is 10.7 Å². The van der Waals surface area contributed by atoms with Crippen LogP contribution in [-0.4, -0.2) is 44.7 Å². The van der Waals surface area contributed by atoms with Gasteiger partial charge in [-0.2, -0.15) is 0 Å². The van der Waals surface area contributed by atoms with E-state index >= 15 is 0 Å². The van der Waals surface area contributed by atoms with E-state index in [0.29, 0.717) is 12.5 Å². The molecular weight excluding hydrogens is 228 g/mol. The predicted molar refractivity (Wildman–Crippen MR) is 76.3 cm³/mol. The summed E-state index contributed by atoms with van der Waals surface area (Å²) in [6, 6.07) is 7.58. The van der Waals surface area contributed by atoms with Crippen molar-refractivity contribution in [2.45, 2.75) is 6.92 Å². The van der Waals surface area contributed by atoms with Gasteiger partial charge in [0, 0.05) is 18.3 Å². The summed E-state index contributed by atoms with van der Waals surface area (Å²) in [7, 11) is 3.69. The Morgan fingerprint density at radius 3 is 2.94 bits per heavy atom. The Bertz CT molecular complexity index is 392. The summed E-state index contributed by atoms with van der Waals surface area (Å²) in [6.07, 6.45) is 0. The lowest BCUT2D eigenvalue weighted by Crippen LogP contribution is -2.26. The first-order chi connectivity index (χ1) is 8.65. The number of nitrogens with two attached hydrogens (primary N) is 1. The maximum Gasteiger partial charge on any atom is 0.193 e. The molecule has 0 fully saturated rings. The largest absolute Gasteiger partial charge is 0.497 e. The van der Waals surface area contributed by atoms with Gasteiger partial charge in [0.15, 0.2) is 5.96 Å². The van der Waals surface area contributed by atoms with Gasteiger partial charge in [-0.25, -0.2) is 0 Å². The average molecular weight is 250 g/mol. The third-order valence-electron chi connectivity index (χ3n) is 2.65. The molecule has 0 unspecified atom stereocenters. The van der Waals surface area contributed by atoms with Gasteiger partial charge in [0.2, 0.25) is 0 Å². The number of ether oxygens (including phenoxy) is 1. The number of nitrogens with zero attached hydrogens (tertiary/aromatic N) is 2. The molecule has 1 aromatic rings. The minimum atomic E-state index is 0.424. The molecule has 0 bridgehead atoms. The number of methoxy groups -OCH3 is 1. The summed E-state index contributed by atoms with van der Waals surface area (Å²) in [5.41, 5.74) is 6.68. The van der Waals surface area contributed by atoms with E-state index in [0.717, 1.165) is 24.5 Å². The number of likely N-dealkylation sites (N-methyl/N-ethyl adjacent to an activating group) is 1. The first-order valence-electron chi connectivity index (χ1n) is 6.05. The maximum atomic E-state index is 5.80. The number of benzene rings is 1. The second-order valence-corrected chi connectivity index (χ2v) is 4.02. The van der Waals surface area contributed by atoms with Crippen molar-refractivity contribution >= 4 is 11.6 Å². The van der Waals surface area contributed by atoms with Crippen molar-refractivity contribution in [2.75, 3.05) is 39.1 Å². The molecule has 0 aliphatic rings. The molecule has 1 aromatic carbocycles. The van der Waals surface area contributed by atoms with Gasteiger partial charge in [-0.05, 0) is 25.7 Å². The zero-order chi connectivity index (χ0) is 13.4. The smallest absolute Gasteiger partial charge is 0.193 e. The summed E-state index contributed by atoms with van der Waals surface area (Å²) >= 11 is 0. The van der Waals surface area contributed by atoms with Crippen LogP contribution in [-0.2, 0) is 0 Å². The summed E-state index contributed by atoms with van der Waals surface area (Å²) in [5, 5.41) is 3.04. The monoisotopic (exact) mass is 250 g/mol. The van der Waals surface area contributed by atoms with Crippen LogP contribution in [0.3, 0.4) is 0 Å². The zero-order valence-electron chi connectivity index (χ0n) is 11.3. The zero-order valence-corrected chi connectivity index (χ0v) is 11.3. The molecule has 100 valence electrons. The molecule has 18 heavy (non-hydrogen) atoms. The van der Waals surface area contributed by atoms with Crippen molar-refractivity contribution in [1.29, 1.82) is 0 Å². The highest BCUT2D eigenvalue weighted by molar-refractivity contribution is 5.92. The van der Waals surface area contributed by atoms with Crippen LogP contribution in [0.25, 0.3) is 0 Å². The Hall–Kier alpha value is -1.75. The van der Waals surface area contributed by atoms with E-state index in [1.165, 1.54) is 0 Å². The Kier molecular flexibility index (Phi) is 6.00. The fourth-order valence-electron chi connectivity index (χ4n) is 1.39. The summed E-state index contributed by atoms with van der Waals surface area (Å²) < 4.78 is 5.14. The number of rotatable bonds is 6. The van der Waals surface area contributed by atoms with Crippen molar-refractivity contribution < 1.29 is 4.74 Å². The van der Waals surface area contributed by atoms with Gasteiger partial charge in [-0.3, -0.25) is 4.99 Å². The van der Waals surface area contributed by atoms with Gasteiger partial charge in [0.05, 0.1) is 13.7 Å². The third-order valence-corrected chi connectivity index (χ3v) is 2.65. The molecule has 5 nitrogen and oxygen atoms in total. The molecule has 0 radical (unpaired) electrons. The van der Waals surface area contributed by atoms with Crippen LogP contribution < -0.4 is 15.8 Å². The fourth-order valence-corrected chi connectivity index (χ4v) is 1.39. The van der Waals surface area contributed by atoms with Crippen LogP contribution in [0.5, 0.6) is 5.75 Å². The van der Waals surface area contributed by atoms with E-state index in [2.05, 4.69) is 29.2 Å². The Balaban J connectivity index is 2.47. The lowest BCUT2D eigenvalue weighted by Gasteiger charge is -2.12. The van der Waals surface area contributed by atoms with Crippen molar-refractivity contribution in [3.05, 3.63) is 24.3 Å². The van der Waals surface area contributed by atoms with E-state index in [-0.39, 0.29) is 0 Å². The predicted octanol–water partition coefficient (Wildman–Crippen LogP) is 1.37. The first-order valence-corrected chi connectivity index (χ1v) is 6.05. The third kappa shape index (κ3) is 5.05. The van der Waals surface area contributed by atoms with Gasteiger partial charge in [0.1, 0.15) is 5.75 Å². The molecule has 0 saturated heterocycles. The molecule has 3 N–H and O–H groups in total. The minimum Gasteiger partial charge on any atom is -0.497 e. The SMILES string of the molecule is CCN(C)CCN=C(N)Nc1cccc(OC)c1.